The van der Waals surface area contributed by atoms with Gasteiger partial charge in [-0.2, -0.15) is 0 Å². The Hall–Kier alpha value is -1.86. The molecule has 0 saturated carbocycles. The first kappa shape index (κ1) is 17.5. The summed E-state index contributed by atoms with van der Waals surface area (Å²) in [5.74, 6) is -0.641. The normalized spacial score (nSPS) is 14.5. The summed E-state index contributed by atoms with van der Waals surface area (Å²) in [4.78, 5) is 27.1. The fraction of sp³-hybridized carbons (Fsp3) is 0.467. The van der Waals surface area contributed by atoms with E-state index in [4.69, 9.17) is 16.3 Å². The third kappa shape index (κ3) is 4.80. The molecule has 1 fully saturated rings. The summed E-state index contributed by atoms with van der Waals surface area (Å²) in [5.41, 5.74) is 0.674. The summed E-state index contributed by atoms with van der Waals surface area (Å²) in [6.07, 6.45) is 0. The molecule has 2 rings (SSSR count). The van der Waals surface area contributed by atoms with Gasteiger partial charge >= 0.3 is 6.03 Å². The number of nitrogens with one attached hydrogen (secondary N) is 1. The quantitative estimate of drug-likeness (QED) is 0.763. The van der Waals surface area contributed by atoms with Crippen molar-refractivity contribution in [3.63, 3.8) is 0 Å². The van der Waals surface area contributed by atoms with Crippen LogP contribution in [0.1, 0.15) is 5.56 Å². The summed E-state index contributed by atoms with van der Waals surface area (Å²) in [5, 5.41) is 2.96. The number of hydrogen-bond donors (Lipinski definition) is 1. The first-order valence-electron chi connectivity index (χ1n) is 7.24. The van der Waals surface area contributed by atoms with Crippen molar-refractivity contribution in [1.82, 2.24) is 15.1 Å². The van der Waals surface area contributed by atoms with Gasteiger partial charge in [0.05, 0.1) is 6.61 Å². The molecule has 6 nitrogen and oxygen atoms in total. The van der Waals surface area contributed by atoms with Gasteiger partial charge in [0.15, 0.2) is 0 Å². The zero-order valence-electron chi connectivity index (χ0n) is 12.8. The number of carbonyl (C=O) groups is 2. The van der Waals surface area contributed by atoms with Gasteiger partial charge in [0.25, 0.3) is 0 Å². The van der Waals surface area contributed by atoms with Crippen LogP contribution < -0.4 is 5.32 Å². The molecule has 0 bridgehead atoms. The maximum Gasteiger partial charge on any atom is 0.320 e. The second-order valence-corrected chi connectivity index (χ2v) is 5.61. The number of amides is 3. The van der Waals surface area contributed by atoms with Crippen molar-refractivity contribution in [2.75, 3.05) is 39.9 Å². The summed E-state index contributed by atoms with van der Waals surface area (Å²) in [7, 11) is 1.55. The molecule has 0 aromatic heterocycles. The number of methoxy groups -OCH3 is 1. The highest BCUT2D eigenvalue weighted by atomic mass is 35.5. The molecule has 1 heterocycles. The molecule has 0 spiro atoms. The van der Waals surface area contributed by atoms with Crippen LogP contribution >= 0.6 is 11.6 Å². The lowest BCUT2D eigenvalue weighted by molar-refractivity contribution is -0.121. The highest BCUT2D eigenvalue weighted by Crippen LogP contribution is 2.21. The molecule has 1 aliphatic rings. The topological polar surface area (TPSA) is 61.9 Å². The Morgan fingerprint density at radius 1 is 1.39 bits per heavy atom. The Kier molecular flexibility index (Phi) is 6.18. The van der Waals surface area contributed by atoms with Crippen LogP contribution in [0.4, 0.5) is 9.18 Å². The molecular weight excluding hydrogens is 325 g/mol. The van der Waals surface area contributed by atoms with E-state index in [1.165, 1.54) is 17.0 Å². The van der Waals surface area contributed by atoms with Crippen LogP contribution in [0.3, 0.4) is 0 Å². The summed E-state index contributed by atoms with van der Waals surface area (Å²) < 4.78 is 17.9. The molecule has 0 atom stereocenters. The zero-order chi connectivity index (χ0) is 16.8. The average Bonchev–Trinajstić information content (AvgIpc) is 2.83. The molecular formula is C15H19ClFN3O3. The van der Waals surface area contributed by atoms with Crippen molar-refractivity contribution in [3.05, 3.63) is 34.6 Å². The first-order chi connectivity index (χ1) is 11.0. The smallest absolute Gasteiger partial charge is 0.320 e. The lowest BCUT2D eigenvalue weighted by Gasteiger charge is -2.19. The van der Waals surface area contributed by atoms with E-state index in [1.807, 2.05) is 0 Å². The fourth-order valence-corrected chi connectivity index (χ4v) is 2.53. The number of urea groups is 1. The maximum atomic E-state index is 13.0. The lowest BCUT2D eigenvalue weighted by atomic mass is 10.2. The number of carbonyl (C=O) groups excluding carboxylic acids is 2. The van der Waals surface area contributed by atoms with Crippen LogP contribution in [0, 0.1) is 5.82 Å². The number of nitrogens with zero attached hydrogens (tertiary/aromatic N) is 2. The SMILES string of the molecule is COCCNC(=O)CN1CCN(Cc2ccc(F)cc2Cl)C1=O. The second kappa shape index (κ2) is 8.12. The predicted octanol–water partition coefficient (Wildman–Crippen LogP) is 1.48. The highest BCUT2D eigenvalue weighted by molar-refractivity contribution is 6.31. The van der Waals surface area contributed by atoms with Crippen LogP contribution in [0.5, 0.6) is 0 Å². The van der Waals surface area contributed by atoms with E-state index < -0.39 is 5.82 Å². The van der Waals surface area contributed by atoms with Gasteiger partial charge in [0.2, 0.25) is 5.91 Å². The van der Waals surface area contributed by atoms with Gasteiger partial charge in [0.1, 0.15) is 12.4 Å². The Morgan fingerprint density at radius 2 is 2.13 bits per heavy atom. The highest BCUT2D eigenvalue weighted by Gasteiger charge is 2.30. The molecule has 1 aromatic rings. The van der Waals surface area contributed by atoms with Gasteiger partial charge in [-0.15, -0.1) is 0 Å². The molecule has 0 aliphatic carbocycles. The van der Waals surface area contributed by atoms with E-state index in [0.717, 1.165) is 0 Å². The minimum absolute atomic E-state index is 0.0101. The maximum absolute atomic E-state index is 13.0. The minimum Gasteiger partial charge on any atom is -0.383 e. The first-order valence-corrected chi connectivity index (χ1v) is 7.62. The number of benzene rings is 1. The van der Waals surface area contributed by atoms with Gasteiger partial charge < -0.3 is 19.9 Å². The van der Waals surface area contributed by atoms with Crippen molar-refractivity contribution < 1.29 is 18.7 Å². The van der Waals surface area contributed by atoms with Gasteiger partial charge in [-0.3, -0.25) is 4.79 Å². The van der Waals surface area contributed by atoms with Crippen molar-refractivity contribution in [2.45, 2.75) is 6.54 Å². The Bertz CT molecular complexity index is 585. The van der Waals surface area contributed by atoms with Crippen molar-refractivity contribution in [2.24, 2.45) is 0 Å². The molecule has 1 aromatic carbocycles. The Balaban J connectivity index is 1.87. The standard InChI is InChI=1S/C15H19ClFN3O3/c1-23-7-4-18-14(21)10-20-6-5-19(15(20)22)9-11-2-3-12(17)8-13(11)16/h2-3,8H,4-7,9-10H2,1H3,(H,18,21). The number of halogens is 2. The molecule has 1 aliphatic heterocycles. The average molecular weight is 344 g/mol. The van der Waals surface area contributed by atoms with Gasteiger partial charge in [-0.05, 0) is 17.7 Å². The van der Waals surface area contributed by atoms with Gasteiger partial charge in [-0.25, -0.2) is 9.18 Å². The monoisotopic (exact) mass is 343 g/mol. The van der Waals surface area contributed by atoms with Crippen molar-refractivity contribution in [3.8, 4) is 0 Å². The van der Waals surface area contributed by atoms with Crippen LogP contribution in [-0.2, 0) is 16.1 Å². The van der Waals surface area contributed by atoms with E-state index in [2.05, 4.69) is 5.32 Å². The van der Waals surface area contributed by atoms with Crippen molar-refractivity contribution >= 4 is 23.5 Å². The molecule has 1 saturated heterocycles. The van der Waals surface area contributed by atoms with Crippen molar-refractivity contribution in [1.29, 1.82) is 0 Å². The molecule has 3 amide bonds. The van der Waals surface area contributed by atoms with E-state index in [0.29, 0.717) is 38.3 Å². The fourth-order valence-electron chi connectivity index (χ4n) is 2.30. The molecule has 0 radical (unpaired) electrons. The summed E-state index contributed by atoms with van der Waals surface area (Å²) in [6.45, 7) is 2.10. The molecule has 8 heteroatoms. The molecule has 126 valence electrons. The van der Waals surface area contributed by atoms with E-state index in [9.17, 15) is 14.0 Å². The van der Waals surface area contributed by atoms with E-state index in [1.54, 1.807) is 18.1 Å². The van der Waals surface area contributed by atoms with Crippen LogP contribution in [0.15, 0.2) is 18.2 Å². The van der Waals surface area contributed by atoms with E-state index >= 15 is 0 Å². The predicted molar refractivity (Wildman–Crippen MR) is 83.7 cm³/mol. The second-order valence-electron chi connectivity index (χ2n) is 5.20. The largest absolute Gasteiger partial charge is 0.383 e. The van der Waals surface area contributed by atoms with Crippen LogP contribution in [0.2, 0.25) is 5.02 Å². The Labute approximate surface area is 139 Å². The Morgan fingerprint density at radius 3 is 2.83 bits per heavy atom. The van der Waals surface area contributed by atoms with Gasteiger partial charge in [-0.1, -0.05) is 17.7 Å². The summed E-state index contributed by atoms with van der Waals surface area (Å²) >= 11 is 5.98. The molecule has 1 N–H and O–H groups in total. The van der Waals surface area contributed by atoms with Crippen LogP contribution in [0.25, 0.3) is 0 Å². The number of rotatable bonds is 7. The minimum atomic E-state index is -0.416. The van der Waals surface area contributed by atoms with Gasteiger partial charge in [0, 0.05) is 38.3 Å². The summed E-state index contributed by atoms with van der Waals surface area (Å²) in [6, 6.07) is 3.86. The zero-order valence-corrected chi connectivity index (χ0v) is 13.6. The molecule has 0 unspecified atom stereocenters. The third-order valence-corrected chi connectivity index (χ3v) is 3.87. The lowest BCUT2D eigenvalue weighted by Crippen LogP contribution is -2.40. The molecule has 23 heavy (non-hydrogen) atoms. The van der Waals surface area contributed by atoms with E-state index in [-0.39, 0.29) is 23.5 Å². The number of hydrogen-bond acceptors (Lipinski definition) is 3. The number of ether oxygens (including phenoxy) is 1. The third-order valence-electron chi connectivity index (χ3n) is 3.52. The van der Waals surface area contributed by atoms with Crippen LogP contribution in [-0.4, -0.2) is 61.6 Å².